The van der Waals surface area contributed by atoms with Gasteiger partial charge in [-0.05, 0) is 47.5 Å². The summed E-state index contributed by atoms with van der Waals surface area (Å²) in [5.74, 6) is 1.04. The number of nitrogens with one attached hydrogen (secondary N) is 1. The number of rotatable bonds is 10. The highest BCUT2D eigenvalue weighted by atomic mass is 35.5. The Morgan fingerprint density at radius 2 is 1.58 bits per heavy atom. The molecule has 0 saturated carbocycles. The maximum Gasteiger partial charge on any atom is 0.335 e. The predicted molar refractivity (Wildman–Crippen MR) is 144 cm³/mol. The van der Waals surface area contributed by atoms with Gasteiger partial charge in [-0.15, -0.1) is 0 Å². The van der Waals surface area contributed by atoms with E-state index >= 15 is 0 Å². The minimum atomic E-state index is -0.959. The second kappa shape index (κ2) is 11.5. The molecule has 0 amide bonds. The van der Waals surface area contributed by atoms with E-state index in [0.29, 0.717) is 29.7 Å². The lowest BCUT2D eigenvalue weighted by atomic mass is 10.1. The van der Waals surface area contributed by atoms with Crippen molar-refractivity contribution in [3.8, 4) is 17.2 Å². The van der Waals surface area contributed by atoms with Crippen molar-refractivity contribution in [3.05, 3.63) is 101 Å². The molecule has 4 aromatic rings. The fourth-order valence-electron chi connectivity index (χ4n) is 3.79. The number of halogens is 1. The summed E-state index contributed by atoms with van der Waals surface area (Å²) in [6.45, 7) is 0.800. The average Bonchev–Trinajstić information content (AvgIpc) is 2.91. The van der Waals surface area contributed by atoms with Crippen LogP contribution < -0.4 is 19.5 Å². The van der Waals surface area contributed by atoms with Crippen LogP contribution in [0.4, 0.5) is 5.69 Å². The summed E-state index contributed by atoms with van der Waals surface area (Å²) in [6.07, 6.45) is 1.98. The first-order valence-corrected chi connectivity index (χ1v) is 11.6. The molecular formula is C29H26ClNO5. The second-order valence-corrected chi connectivity index (χ2v) is 8.44. The van der Waals surface area contributed by atoms with E-state index in [4.69, 9.17) is 25.8 Å². The molecule has 0 heterocycles. The van der Waals surface area contributed by atoms with E-state index in [-0.39, 0.29) is 5.56 Å². The summed E-state index contributed by atoms with van der Waals surface area (Å²) >= 11 is 6.36. The molecule has 4 rings (SSSR count). The Bertz CT molecular complexity index is 1400. The van der Waals surface area contributed by atoms with E-state index < -0.39 is 5.97 Å². The van der Waals surface area contributed by atoms with Crippen molar-refractivity contribution in [1.82, 2.24) is 0 Å². The number of aromatic carboxylic acids is 1. The van der Waals surface area contributed by atoms with Crippen LogP contribution in [-0.4, -0.2) is 38.4 Å². The number of hydrogen-bond acceptors (Lipinski definition) is 5. The molecule has 36 heavy (non-hydrogen) atoms. The van der Waals surface area contributed by atoms with Crippen molar-refractivity contribution in [2.75, 3.05) is 32.7 Å². The van der Waals surface area contributed by atoms with Crippen LogP contribution in [-0.2, 0) is 0 Å². The van der Waals surface area contributed by atoms with E-state index in [1.165, 1.54) is 0 Å². The number of ether oxygens (including phenoxy) is 3. The molecule has 2 N–H and O–H groups in total. The highest BCUT2D eigenvalue weighted by Gasteiger charge is 2.09. The van der Waals surface area contributed by atoms with Crippen LogP contribution in [0.25, 0.3) is 16.8 Å². The summed E-state index contributed by atoms with van der Waals surface area (Å²) in [6, 6.07) is 23.9. The van der Waals surface area contributed by atoms with E-state index in [1.54, 1.807) is 38.5 Å². The largest absolute Gasteiger partial charge is 0.493 e. The predicted octanol–water partition coefficient (Wildman–Crippen LogP) is 6.78. The number of fused-ring (bicyclic) bond motifs is 1. The zero-order chi connectivity index (χ0) is 25.5. The fraction of sp³-hybridized carbons (Fsp3) is 0.138. The summed E-state index contributed by atoms with van der Waals surface area (Å²) in [4.78, 5) is 11.2. The van der Waals surface area contributed by atoms with Gasteiger partial charge in [0.15, 0.2) is 11.5 Å². The third-order valence-corrected chi connectivity index (χ3v) is 6.01. The summed E-state index contributed by atoms with van der Waals surface area (Å²) in [5, 5.41) is 15.1. The van der Waals surface area contributed by atoms with Gasteiger partial charge in [0.1, 0.15) is 12.4 Å². The Labute approximate surface area is 214 Å². The second-order valence-electron chi connectivity index (χ2n) is 8.03. The van der Waals surface area contributed by atoms with Gasteiger partial charge in [-0.2, -0.15) is 0 Å². The number of methoxy groups -OCH3 is 2. The number of benzene rings is 4. The minimum Gasteiger partial charge on any atom is -0.493 e. The van der Waals surface area contributed by atoms with Crippen molar-refractivity contribution in [1.29, 1.82) is 0 Å². The maximum atomic E-state index is 11.2. The van der Waals surface area contributed by atoms with Crippen molar-refractivity contribution >= 4 is 40.1 Å². The Morgan fingerprint density at radius 1 is 0.889 bits per heavy atom. The average molecular weight is 504 g/mol. The quantitative estimate of drug-likeness (QED) is 0.248. The highest BCUT2D eigenvalue weighted by molar-refractivity contribution is 6.35. The fourth-order valence-corrected chi connectivity index (χ4v) is 4.02. The van der Waals surface area contributed by atoms with Crippen molar-refractivity contribution in [3.63, 3.8) is 0 Å². The molecule has 4 aromatic carbocycles. The van der Waals surface area contributed by atoms with E-state index in [9.17, 15) is 9.90 Å². The monoisotopic (exact) mass is 503 g/mol. The van der Waals surface area contributed by atoms with Crippen molar-refractivity contribution in [2.24, 2.45) is 0 Å². The first kappa shape index (κ1) is 24.9. The Hall–Kier alpha value is -4.16. The van der Waals surface area contributed by atoms with Gasteiger partial charge in [0, 0.05) is 34.1 Å². The normalized spacial score (nSPS) is 11.2. The summed E-state index contributed by atoms with van der Waals surface area (Å²) < 4.78 is 17.0. The van der Waals surface area contributed by atoms with E-state index in [0.717, 1.165) is 33.3 Å². The molecule has 0 bridgehead atoms. The Kier molecular flexibility index (Phi) is 7.98. The molecule has 0 aliphatic carbocycles. The highest BCUT2D eigenvalue weighted by Crippen LogP contribution is 2.32. The zero-order valence-corrected chi connectivity index (χ0v) is 20.7. The van der Waals surface area contributed by atoms with Gasteiger partial charge in [0.2, 0.25) is 0 Å². The van der Waals surface area contributed by atoms with E-state index in [1.807, 2.05) is 60.7 Å². The molecule has 0 aliphatic heterocycles. The van der Waals surface area contributed by atoms with Crippen LogP contribution in [0.2, 0.25) is 5.02 Å². The lowest BCUT2D eigenvalue weighted by molar-refractivity contribution is 0.0697. The molecular weight excluding hydrogens is 478 g/mol. The van der Waals surface area contributed by atoms with Gasteiger partial charge in [-0.25, -0.2) is 4.79 Å². The number of anilines is 1. The molecule has 184 valence electrons. The number of carbonyl (C=O) groups is 1. The Balaban J connectivity index is 1.58. The van der Waals surface area contributed by atoms with Gasteiger partial charge in [0.25, 0.3) is 0 Å². The molecule has 6 nitrogen and oxygen atoms in total. The van der Waals surface area contributed by atoms with Gasteiger partial charge in [-0.3, -0.25) is 0 Å². The molecule has 0 aromatic heterocycles. The summed E-state index contributed by atoms with van der Waals surface area (Å²) in [7, 11) is 3.19. The van der Waals surface area contributed by atoms with Gasteiger partial charge in [0.05, 0.1) is 19.8 Å². The molecule has 0 unspecified atom stereocenters. The molecule has 0 radical (unpaired) electrons. The SMILES string of the molecule is COc1ccc(NCC(=Cc2ccc(C(=O)O)cc2)COc2ccc(Cl)c3ccccc23)cc1OC. The molecule has 7 heteroatoms. The first-order valence-electron chi connectivity index (χ1n) is 11.3. The maximum absolute atomic E-state index is 11.2. The number of carboxylic acids is 1. The number of carboxylic acid groups (broad SMARTS) is 1. The van der Waals surface area contributed by atoms with Crippen LogP contribution in [0, 0.1) is 0 Å². The van der Waals surface area contributed by atoms with Gasteiger partial charge in [-0.1, -0.05) is 54.1 Å². The lowest BCUT2D eigenvalue weighted by Gasteiger charge is -2.15. The van der Waals surface area contributed by atoms with Crippen molar-refractivity contribution < 1.29 is 24.1 Å². The molecule has 0 spiro atoms. The smallest absolute Gasteiger partial charge is 0.335 e. The summed E-state index contributed by atoms with van der Waals surface area (Å²) in [5.41, 5.74) is 2.92. The van der Waals surface area contributed by atoms with Crippen LogP contribution in [0.3, 0.4) is 0 Å². The topological polar surface area (TPSA) is 77.0 Å². The molecule has 0 aliphatic rings. The number of hydrogen-bond donors (Lipinski definition) is 2. The van der Waals surface area contributed by atoms with Gasteiger partial charge >= 0.3 is 5.97 Å². The molecule has 0 saturated heterocycles. The third-order valence-electron chi connectivity index (χ3n) is 5.68. The van der Waals surface area contributed by atoms with E-state index in [2.05, 4.69) is 5.32 Å². The van der Waals surface area contributed by atoms with Crippen LogP contribution >= 0.6 is 11.6 Å². The Morgan fingerprint density at radius 3 is 2.28 bits per heavy atom. The standard InChI is InChI=1S/C29H26ClNO5/c1-34-27-13-11-22(16-28(27)35-2)31-17-20(15-19-7-9-21(10-8-19)29(32)33)18-36-26-14-12-25(30)23-5-3-4-6-24(23)26/h3-16,31H,17-18H2,1-2H3,(H,32,33). The van der Waals surface area contributed by atoms with Crippen molar-refractivity contribution in [2.45, 2.75) is 0 Å². The molecule has 0 atom stereocenters. The third kappa shape index (κ3) is 5.90. The van der Waals surface area contributed by atoms with Crippen LogP contribution in [0.15, 0.2) is 84.4 Å². The van der Waals surface area contributed by atoms with Gasteiger partial charge < -0.3 is 24.6 Å². The lowest BCUT2D eigenvalue weighted by Crippen LogP contribution is -2.12. The minimum absolute atomic E-state index is 0.237. The van der Waals surface area contributed by atoms with Crippen LogP contribution in [0.5, 0.6) is 17.2 Å². The zero-order valence-electron chi connectivity index (χ0n) is 20.0. The molecule has 0 fully saturated rings. The first-order chi connectivity index (χ1) is 17.5. The van der Waals surface area contributed by atoms with Crippen LogP contribution in [0.1, 0.15) is 15.9 Å².